The van der Waals surface area contributed by atoms with Gasteiger partial charge >= 0.3 is 0 Å². The molecule has 6 aromatic carbocycles. The summed E-state index contributed by atoms with van der Waals surface area (Å²) in [5.41, 5.74) is 10.3. The molecular weight excluding hydrogens is 472 g/mol. The fraction of sp³-hybridized carbons (Fsp3) is 0.0270. The summed E-state index contributed by atoms with van der Waals surface area (Å²) in [7, 11) is 0. The molecule has 0 radical (unpaired) electrons. The van der Waals surface area contributed by atoms with Crippen molar-refractivity contribution in [3.63, 3.8) is 0 Å². The smallest absolute Gasteiger partial charge is 0.0702 e. The standard InChI is InChI=1S/C37H30N2/c1-29-17-11-13-25-34(29)39(35-26-14-12-24-33(35)30-18-5-2-6-19-30)37-28-16-15-27-36(37)38(31-20-7-3-8-21-31)32-22-9-4-10-23-32/h2-28H,1H3. The first-order valence-electron chi connectivity index (χ1n) is 13.3. The van der Waals surface area contributed by atoms with E-state index in [2.05, 4.69) is 181 Å². The maximum Gasteiger partial charge on any atom is 0.0702 e. The van der Waals surface area contributed by atoms with Crippen LogP contribution in [-0.2, 0) is 0 Å². The number of nitrogens with zero attached hydrogens (tertiary/aromatic N) is 2. The van der Waals surface area contributed by atoms with Crippen LogP contribution in [-0.4, -0.2) is 0 Å². The zero-order chi connectivity index (χ0) is 26.4. The van der Waals surface area contributed by atoms with Gasteiger partial charge < -0.3 is 9.80 Å². The van der Waals surface area contributed by atoms with E-state index in [-0.39, 0.29) is 0 Å². The van der Waals surface area contributed by atoms with E-state index in [1.807, 2.05) is 0 Å². The van der Waals surface area contributed by atoms with Gasteiger partial charge in [0.05, 0.1) is 17.1 Å². The number of anilines is 6. The molecule has 0 fully saturated rings. The molecule has 0 atom stereocenters. The Morgan fingerprint density at radius 3 is 1.31 bits per heavy atom. The lowest BCUT2D eigenvalue weighted by Crippen LogP contribution is -2.18. The van der Waals surface area contributed by atoms with Gasteiger partial charge in [0, 0.05) is 22.6 Å². The van der Waals surface area contributed by atoms with Gasteiger partial charge in [0.15, 0.2) is 0 Å². The van der Waals surface area contributed by atoms with E-state index in [1.165, 1.54) is 16.7 Å². The average molecular weight is 503 g/mol. The van der Waals surface area contributed by atoms with Gasteiger partial charge in [-0.05, 0) is 66.6 Å². The quantitative estimate of drug-likeness (QED) is 0.214. The number of para-hydroxylation sites is 6. The van der Waals surface area contributed by atoms with Gasteiger partial charge in [-0.3, -0.25) is 0 Å². The molecule has 188 valence electrons. The minimum Gasteiger partial charge on any atom is -0.308 e. The molecule has 0 unspecified atom stereocenters. The molecule has 39 heavy (non-hydrogen) atoms. The van der Waals surface area contributed by atoms with Gasteiger partial charge in [-0.2, -0.15) is 0 Å². The molecular formula is C37H30N2. The van der Waals surface area contributed by atoms with E-state index in [4.69, 9.17) is 0 Å². The highest BCUT2D eigenvalue weighted by Crippen LogP contribution is 2.48. The van der Waals surface area contributed by atoms with Crippen LogP contribution in [0.3, 0.4) is 0 Å². The Kier molecular flexibility index (Phi) is 6.92. The third-order valence-corrected chi connectivity index (χ3v) is 6.98. The predicted molar refractivity (Wildman–Crippen MR) is 166 cm³/mol. The highest BCUT2D eigenvalue weighted by atomic mass is 15.2. The SMILES string of the molecule is Cc1ccccc1N(c1ccccc1-c1ccccc1)c1ccccc1N(c1ccccc1)c1ccccc1. The Balaban J connectivity index is 1.64. The highest BCUT2D eigenvalue weighted by molar-refractivity contribution is 5.95. The van der Waals surface area contributed by atoms with E-state index in [1.54, 1.807) is 0 Å². The fourth-order valence-corrected chi connectivity index (χ4v) is 5.16. The summed E-state index contributed by atoms with van der Waals surface area (Å²) >= 11 is 0. The Morgan fingerprint density at radius 1 is 0.333 bits per heavy atom. The van der Waals surface area contributed by atoms with Crippen molar-refractivity contribution in [2.24, 2.45) is 0 Å². The molecule has 0 aliphatic heterocycles. The third-order valence-electron chi connectivity index (χ3n) is 6.98. The lowest BCUT2D eigenvalue weighted by molar-refractivity contribution is 1.21. The summed E-state index contributed by atoms with van der Waals surface area (Å²) in [5.74, 6) is 0. The molecule has 0 bridgehead atoms. The lowest BCUT2D eigenvalue weighted by atomic mass is 10.0. The van der Waals surface area contributed by atoms with E-state index < -0.39 is 0 Å². The van der Waals surface area contributed by atoms with Gasteiger partial charge in [0.1, 0.15) is 0 Å². The van der Waals surface area contributed by atoms with Crippen molar-refractivity contribution in [1.82, 2.24) is 0 Å². The van der Waals surface area contributed by atoms with Crippen molar-refractivity contribution in [2.75, 3.05) is 9.80 Å². The lowest BCUT2D eigenvalue weighted by Gasteiger charge is -2.34. The topological polar surface area (TPSA) is 6.48 Å². The van der Waals surface area contributed by atoms with Crippen molar-refractivity contribution in [1.29, 1.82) is 0 Å². The maximum absolute atomic E-state index is 2.41. The Morgan fingerprint density at radius 2 is 0.744 bits per heavy atom. The van der Waals surface area contributed by atoms with Crippen LogP contribution < -0.4 is 9.80 Å². The zero-order valence-electron chi connectivity index (χ0n) is 22.0. The minimum atomic E-state index is 1.10. The second-order valence-corrected chi connectivity index (χ2v) is 9.50. The van der Waals surface area contributed by atoms with Crippen molar-refractivity contribution in [2.45, 2.75) is 6.92 Å². The van der Waals surface area contributed by atoms with Crippen molar-refractivity contribution in [3.05, 3.63) is 169 Å². The zero-order valence-corrected chi connectivity index (χ0v) is 22.0. The molecule has 0 heterocycles. The van der Waals surface area contributed by atoms with Gasteiger partial charge in [-0.25, -0.2) is 0 Å². The fourth-order valence-electron chi connectivity index (χ4n) is 5.16. The summed E-state index contributed by atoms with van der Waals surface area (Å²) in [6.45, 7) is 2.18. The van der Waals surface area contributed by atoms with Crippen molar-refractivity contribution < 1.29 is 0 Å². The van der Waals surface area contributed by atoms with Crippen molar-refractivity contribution >= 4 is 34.1 Å². The number of benzene rings is 6. The molecule has 6 aromatic rings. The van der Waals surface area contributed by atoms with E-state index in [0.29, 0.717) is 0 Å². The second-order valence-electron chi connectivity index (χ2n) is 9.50. The van der Waals surface area contributed by atoms with Gasteiger partial charge in [0.2, 0.25) is 0 Å². The molecule has 0 saturated heterocycles. The largest absolute Gasteiger partial charge is 0.308 e. The maximum atomic E-state index is 2.41. The molecule has 0 aliphatic rings. The van der Waals surface area contributed by atoms with Crippen LogP contribution in [0.2, 0.25) is 0 Å². The normalized spacial score (nSPS) is 10.7. The average Bonchev–Trinajstić information content (AvgIpc) is 3.01. The number of aryl methyl sites for hydroxylation is 1. The number of hydrogen-bond donors (Lipinski definition) is 0. The summed E-state index contributed by atoms with van der Waals surface area (Å²) in [4.78, 5) is 4.75. The Bertz CT molecular complexity index is 1620. The summed E-state index contributed by atoms with van der Waals surface area (Å²) in [5, 5.41) is 0. The molecule has 0 spiro atoms. The molecule has 0 amide bonds. The molecule has 0 aliphatic carbocycles. The molecule has 0 saturated carbocycles. The first-order valence-corrected chi connectivity index (χ1v) is 13.3. The first kappa shape index (κ1) is 24.3. The van der Waals surface area contributed by atoms with Crippen LogP contribution >= 0.6 is 0 Å². The van der Waals surface area contributed by atoms with Crippen LogP contribution in [0.25, 0.3) is 11.1 Å². The van der Waals surface area contributed by atoms with Crippen LogP contribution in [0.5, 0.6) is 0 Å². The minimum absolute atomic E-state index is 1.10. The molecule has 0 aromatic heterocycles. The van der Waals surface area contributed by atoms with Gasteiger partial charge in [-0.15, -0.1) is 0 Å². The number of hydrogen-bond acceptors (Lipinski definition) is 2. The Hall–Kier alpha value is -5.08. The number of rotatable bonds is 7. The van der Waals surface area contributed by atoms with Crippen LogP contribution in [0.1, 0.15) is 5.56 Å². The molecule has 0 N–H and O–H groups in total. The molecule has 2 heteroatoms. The molecule has 6 rings (SSSR count). The van der Waals surface area contributed by atoms with E-state index in [0.717, 1.165) is 34.1 Å². The highest BCUT2D eigenvalue weighted by Gasteiger charge is 2.24. The van der Waals surface area contributed by atoms with Crippen LogP contribution in [0.4, 0.5) is 34.1 Å². The predicted octanol–water partition coefficient (Wildman–Crippen LogP) is 10.6. The second kappa shape index (κ2) is 11.1. The van der Waals surface area contributed by atoms with E-state index >= 15 is 0 Å². The van der Waals surface area contributed by atoms with E-state index in [9.17, 15) is 0 Å². The molecule has 2 nitrogen and oxygen atoms in total. The van der Waals surface area contributed by atoms with Crippen molar-refractivity contribution in [3.8, 4) is 11.1 Å². The Labute approximate surface area is 231 Å². The van der Waals surface area contributed by atoms with Crippen LogP contribution in [0, 0.1) is 6.92 Å². The summed E-state index contributed by atoms with van der Waals surface area (Å²) in [6.07, 6.45) is 0. The summed E-state index contributed by atoms with van der Waals surface area (Å²) in [6, 6.07) is 57.8. The first-order chi connectivity index (χ1) is 19.3. The summed E-state index contributed by atoms with van der Waals surface area (Å²) < 4.78 is 0. The monoisotopic (exact) mass is 502 g/mol. The van der Waals surface area contributed by atoms with Gasteiger partial charge in [-0.1, -0.05) is 115 Å². The van der Waals surface area contributed by atoms with Crippen LogP contribution in [0.15, 0.2) is 164 Å². The third kappa shape index (κ3) is 4.93. The van der Waals surface area contributed by atoms with Gasteiger partial charge in [0.25, 0.3) is 0 Å².